The number of nitrogens with zero attached hydrogens (tertiary/aromatic N) is 2. The van der Waals surface area contributed by atoms with Crippen molar-refractivity contribution in [2.75, 3.05) is 0 Å². The van der Waals surface area contributed by atoms with Crippen molar-refractivity contribution in [3.63, 3.8) is 0 Å². The summed E-state index contributed by atoms with van der Waals surface area (Å²) in [5.74, 6) is 0. The third kappa shape index (κ3) is 0.994. The van der Waals surface area contributed by atoms with Crippen LogP contribution in [0.4, 0.5) is 0 Å². The van der Waals surface area contributed by atoms with E-state index in [2.05, 4.69) is 10.2 Å². The van der Waals surface area contributed by atoms with Gasteiger partial charge < -0.3 is 10.4 Å². The van der Waals surface area contributed by atoms with Crippen molar-refractivity contribution in [1.29, 1.82) is 5.41 Å². The first-order valence-corrected chi connectivity index (χ1v) is 3.52. The Morgan fingerprint density at radius 2 is 2.15 bits per heavy atom. The lowest BCUT2D eigenvalue weighted by molar-refractivity contribution is -0.376. The van der Waals surface area contributed by atoms with E-state index in [4.69, 9.17) is 5.41 Å². The number of hydrogen-bond acceptors (Lipinski definition) is 4. The van der Waals surface area contributed by atoms with Crippen LogP contribution in [0.1, 0.15) is 11.3 Å². The average Bonchev–Trinajstić information content (AvgIpc) is 2.50. The fraction of sp³-hybridized carbons (Fsp3) is 0. The highest BCUT2D eigenvalue weighted by atomic mass is 16.8. The van der Waals surface area contributed by atoms with E-state index < -0.39 is 4.90 Å². The molecule has 1 aliphatic rings. The molecule has 0 saturated carbocycles. The third-order valence-electron chi connectivity index (χ3n) is 1.77. The summed E-state index contributed by atoms with van der Waals surface area (Å²) < 4.78 is 0. The fourth-order valence-electron chi connectivity index (χ4n) is 1.19. The first kappa shape index (κ1) is 7.53. The van der Waals surface area contributed by atoms with E-state index in [1.807, 2.05) is 0 Å². The number of nitrogens with one attached hydrogen (secondary N) is 2. The van der Waals surface area contributed by atoms with E-state index in [0.717, 1.165) is 0 Å². The standard InChI is InChI=1S/C7H5N4O2/c8-5-2-1-4-3-9-10-6(4)7(5)11(12)13/h1-3,8H,(H-,9,10,12,13)/q-1. The predicted octanol–water partition coefficient (Wildman–Crippen LogP) is 0.253. The Kier molecular flexibility index (Phi) is 1.42. The molecule has 66 valence electrons. The molecule has 0 fully saturated rings. The summed E-state index contributed by atoms with van der Waals surface area (Å²) in [6.07, 6.45) is 4.49. The Bertz CT molecular complexity index is 425. The van der Waals surface area contributed by atoms with E-state index in [0.29, 0.717) is 11.3 Å². The quantitative estimate of drug-likeness (QED) is 0.438. The van der Waals surface area contributed by atoms with Gasteiger partial charge in [0.1, 0.15) is 11.4 Å². The lowest BCUT2D eigenvalue weighted by atomic mass is 10.0. The lowest BCUT2D eigenvalue weighted by Gasteiger charge is -2.12. The van der Waals surface area contributed by atoms with Crippen molar-refractivity contribution in [3.8, 4) is 0 Å². The number of aromatic amines is 1. The van der Waals surface area contributed by atoms with Gasteiger partial charge in [-0.25, -0.2) is 0 Å². The molecule has 1 aromatic heterocycles. The van der Waals surface area contributed by atoms with Crippen molar-refractivity contribution in [3.05, 3.63) is 33.9 Å². The second kappa shape index (κ2) is 2.44. The highest BCUT2D eigenvalue weighted by Gasteiger charge is 2.23. The summed E-state index contributed by atoms with van der Waals surface area (Å²) in [6, 6.07) is 0. The molecule has 0 aromatic carbocycles. The molecule has 0 bridgehead atoms. The van der Waals surface area contributed by atoms with Gasteiger partial charge in [-0.2, -0.15) is 10.0 Å². The predicted molar refractivity (Wildman–Crippen MR) is 46.5 cm³/mol. The molecule has 1 aliphatic carbocycles. The Balaban J connectivity index is 2.69. The van der Waals surface area contributed by atoms with Crippen LogP contribution in [0, 0.1) is 15.8 Å². The van der Waals surface area contributed by atoms with Crippen LogP contribution in [0.25, 0.3) is 6.08 Å². The van der Waals surface area contributed by atoms with E-state index in [-0.39, 0.29) is 11.4 Å². The molecule has 6 heteroatoms. The molecule has 0 amide bonds. The molecule has 1 heterocycles. The van der Waals surface area contributed by atoms with E-state index in [1.54, 1.807) is 6.08 Å². The molecule has 2 N–H and O–H groups in total. The Hall–Kier alpha value is -2.11. The molecular formula is C7H5N4O2-. The van der Waals surface area contributed by atoms with Gasteiger partial charge in [-0.3, -0.25) is 10.5 Å². The van der Waals surface area contributed by atoms with Crippen LogP contribution < -0.4 is 0 Å². The first-order valence-electron chi connectivity index (χ1n) is 3.52. The van der Waals surface area contributed by atoms with Crippen LogP contribution in [0.5, 0.6) is 0 Å². The zero-order chi connectivity index (χ0) is 9.42. The second-order valence-corrected chi connectivity index (χ2v) is 2.55. The van der Waals surface area contributed by atoms with Crippen molar-refractivity contribution in [2.24, 2.45) is 0 Å². The normalized spacial score (nSPS) is 14.5. The highest BCUT2D eigenvalue weighted by Crippen LogP contribution is 2.14. The molecule has 6 nitrogen and oxygen atoms in total. The lowest BCUT2D eigenvalue weighted by Crippen LogP contribution is -2.24. The van der Waals surface area contributed by atoms with E-state index >= 15 is 0 Å². The average molecular weight is 177 g/mol. The Labute approximate surface area is 72.9 Å². The van der Waals surface area contributed by atoms with Gasteiger partial charge >= 0.3 is 0 Å². The molecule has 0 aliphatic heterocycles. The maximum atomic E-state index is 10.6. The van der Waals surface area contributed by atoms with Crippen LogP contribution in [0.3, 0.4) is 0 Å². The zero-order valence-corrected chi connectivity index (χ0v) is 6.44. The largest absolute Gasteiger partial charge is 0.612 e. The SMILES string of the molecule is N=C1C=Cc2cn[nH]c2C1=[N+]([O-])[O-]. The summed E-state index contributed by atoms with van der Waals surface area (Å²) >= 11 is 0. The maximum absolute atomic E-state index is 10.6. The Morgan fingerprint density at radius 3 is 2.85 bits per heavy atom. The molecule has 0 unspecified atom stereocenters. The molecular weight excluding hydrogens is 172 g/mol. The van der Waals surface area contributed by atoms with E-state index in [1.165, 1.54) is 12.3 Å². The maximum Gasteiger partial charge on any atom is 0.273 e. The van der Waals surface area contributed by atoms with Gasteiger partial charge in [0.2, 0.25) is 0 Å². The van der Waals surface area contributed by atoms with Crippen molar-refractivity contribution in [1.82, 2.24) is 10.2 Å². The number of fused-ring (bicyclic) bond motifs is 1. The zero-order valence-electron chi connectivity index (χ0n) is 6.44. The molecule has 1 aromatic rings. The molecule has 0 saturated heterocycles. The Morgan fingerprint density at radius 1 is 1.38 bits per heavy atom. The number of aromatic nitrogens is 2. The van der Waals surface area contributed by atoms with Crippen LogP contribution >= 0.6 is 0 Å². The first-order chi connectivity index (χ1) is 6.20. The highest BCUT2D eigenvalue weighted by molar-refractivity contribution is 6.51. The van der Waals surface area contributed by atoms with E-state index in [9.17, 15) is 10.4 Å². The van der Waals surface area contributed by atoms with Gasteiger partial charge in [0, 0.05) is 5.56 Å². The van der Waals surface area contributed by atoms with Crippen molar-refractivity contribution < 1.29 is 4.90 Å². The smallest absolute Gasteiger partial charge is 0.273 e. The number of rotatable bonds is 0. The van der Waals surface area contributed by atoms with Gasteiger partial charge in [-0.15, -0.1) is 0 Å². The molecule has 13 heavy (non-hydrogen) atoms. The van der Waals surface area contributed by atoms with Crippen LogP contribution in [-0.4, -0.2) is 26.5 Å². The minimum atomic E-state index is -0.581. The van der Waals surface area contributed by atoms with Gasteiger partial charge in [0.15, 0.2) is 0 Å². The molecule has 2 rings (SSSR count). The molecule has 0 atom stereocenters. The number of hydrogen-bond donors (Lipinski definition) is 2. The minimum Gasteiger partial charge on any atom is -0.612 e. The van der Waals surface area contributed by atoms with Crippen molar-refractivity contribution in [2.45, 2.75) is 0 Å². The third-order valence-corrected chi connectivity index (χ3v) is 1.77. The van der Waals surface area contributed by atoms with Crippen LogP contribution in [0.2, 0.25) is 0 Å². The summed E-state index contributed by atoms with van der Waals surface area (Å²) in [7, 11) is 0. The van der Waals surface area contributed by atoms with Gasteiger partial charge in [-0.1, -0.05) is 0 Å². The topological polar surface area (TPSA) is 102 Å². The monoisotopic (exact) mass is 177 g/mol. The number of H-pyrrole nitrogens is 1. The molecule has 0 spiro atoms. The van der Waals surface area contributed by atoms with Gasteiger partial charge in [0.05, 0.1) is 6.20 Å². The molecule has 0 radical (unpaired) electrons. The minimum absolute atomic E-state index is 0.109. The fourth-order valence-corrected chi connectivity index (χ4v) is 1.19. The van der Waals surface area contributed by atoms with Gasteiger partial charge in [-0.05, 0) is 12.2 Å². The van der Waals surface area contributed by atoms with Crippen molar-refractivity contribution >= 4 is 17.5 Å². The van der Waals surface area contributed by atoms with Gasteiger partial charge in [0.25, 0.3) is 5.71 Å². The number of allylic oxidation sites excluding steroid dienone is 1. The van der Waals surface area contributed by atoms with Crippen LogP contribution in [-0.2, 0) is 0 Å². The summed E-state index contributed by atoms with van der Waals surface area (Å²) in [4.78, 5) is -0.581. The summed E-state index contributed by atoms with van der Waals surface area (Å²) in [5, 5.41) is 34.6. The second-order valence-electron chi connectivity index (χ2n) is 2.55. The summed E-state index contributed by atoms with van der Waals surface area (Å²) in [5.41, 5.74) is 0.608. The van der Waals surface area contributed by atoms with Crippen LogP contribution in [0.15, 0.2) is 12.3 Å². The summed E-state index contributed by atoms with van der Waals surface area (Å²) in [6.45, 7) is 0.